The van der Waals surface area contributed by atoms with Crippen LogP contribution in [0, 0.1) is 0 Å². The zero-order valence-corrected chi connectivity index (χ0v) is 28.1. The summed E-state index contributed by atoms with van der Waals surface area (Å²) in [6.45, 7) is 0. The van der Waals surface area contributed by atoms with Crippen molar-refractivity contribution in [2.24, 2.45) is 0 Å². The van der Waals surface area contributed by atoms with Crippen molar-refractivity contribution < 1.29 is 0 Å². The highest BCUT2D eigenvalue weighted by molar-refractivity contribution is 6.21. The molecule has 8 aromatic carbocycles. The summed E-state index contributed by atoms with van der Waals surface area (Å²) in [6, 6.07) is 64.9. The van der Waals surface area contributed by atoms with Crippen LogP contribution in [0.5, 0.6) is 0 Å². The lowest BCUT2D eigenvalue weighted by Crippen LogP contribution is -2.04. The second-order valence-electron chi connectivity index (χ2n) is 13.4. The highest BCUT2D eigenvalue weighted by Gasteiger charge is 2.21. The van der Waals surface area contributed by atoms with Crippen LogP contribution in [0.3, 0.4) is 0 Å². The van der Waals surface area contributed by atoms with E-state index in [-0.39, 0.29) is 0 Å². The normalized spacial score (nSPS) is 11.8. The number of para-hydroxylation sites is 3. The van der Waals surface area contributed by atoms with Crippen molar-refractivity contribution in [3.63, 3.8) is 0 Å². The van der Waals surface area contributed by atoms with Crippen LogP contribution in [0.25, 0.3) is 99.3 Å². The second kappa shape index (κ2) is 11.2. The molecule has 0 saturated heterocycles. The number of aromatic nitrogens is 4. The van der Waals surface area contributed by atoms with Gasteiger partial charge in [-0.1, -0.05) is 140 Å². The van der Waals surface area contributed by atoms with Crippen molar-refractivity contribution in [2.45, 2.75) is 0 Å². The first-order valence-electron chi connectivity index (χ1n) is 17.7. The Bertz CT molecular complexity index is 3130. The molecule has 3 aromatic heterocycles. The van der Waals surface area contributed by atoms with Crippen molar-refractivity contribution in [3.8, 4) is 34.0 Å². The first-order chi connectivity index (χ1) is 25.8. The molecule has 0 amide bonds. The van der Waals surface area contributed by atoms with Crippen molar-refractivity contribution in [1.82, 2.24) is 19.1 Å². The van der Waals surface area contributed by atoms with E-state index in [0.717, 1.165) is 44.4 Å². The SMILES string of the molecule is c1ccc(-c2cccc(-c3nc(-n4c5cc(-n6c7ccccc7c7ccccc76)ccc5c5c6ccccc6ccc54)nc4ccccc34)c2)cc1. The van der Waals surface area contributed by atoms with E-state index in [1.165, 1.54) is 48.9 Å². The van der Waals surface area contributed by atoms with Gasteiger partial charge in [-0.25, -0.2) is 9.97 Å². The summed E-state index contributed by atoms with van der Waals surface area (Å²) in [4.78, 5) is 10.8. The minimum atomic E-state index is 0.647. The molecule has 52 heavy (non-hydrogen) atoms. The predicted octanol–water partition coefficient (Wildman–Crippen LogP) is 12.3. The fourth-order valence-corrected chi connectivity index (χ4v) is 8.19. The number of fused-ring (bicyclic) bond motifs is 9. The Kier molecular flexibility index (Phi) is 6.22. The number of benzene rings is 8. The third-order valence-corrected chi connectivity index (χ3v) is 10.5. The number of nitrogens with zero attached hydrogens (tertiary/aromatic N) is 4. The van der Waals surface area contributed by atoms with Crippen LogP contribution in [0.4, 0.5) is 0 Å². The van der Waals surface area contributed by atoms with E-state index in [1.54, 1.807) is 0 Å². The Hall–Kier alpha value is -7.04. The summed E-state index contributed by atoms with van der Waals surface area (Å²) in [5.41, 5.74) is 10.8. The third kappa shape index (κ3) is 4.28. The molecule has 0 atom stereocenters. The number of rotatable bonds is 4. The maximum absolute atomic E-state index is 5.47. The smallest absolute Gasteiger partial charge is 0.235 e. The van der Waals surface area contributed by atoms with E-state index in [9.17, 15) is 0 Å². The zero-order chi connectivity index (χ0) is 34.2. The lowest BCUT2D eigenvalue weighted by atomic mass is 10.00. The molecule has 4 nitrogen and oxygen atoms in total. The lowest BCUT2D eigenvalue weighted by Gasteiger charge is -2.13. The van der Waals surface area contributed by atoms with Gasteiger partial charge in [0.25, 0.3) is 0 Å². The minimum Gasteiger partial charge on any atom is -0.309 e. The average Bonchev–Trinajstić information content (AvgIpc) is 3.73. The largest absolute Gasteiger partial charge is 0.309 e. The molecule has 11 aromatic rings. The maximum atomic E-state index is 5.47. The first kappa shape index (κ1) is 28.8. The van der Waals surface area contributed by atoms with Gasteiger partial charge in [-0.3, -0.25) is 4.57 Å². The molecule has 0 unspecified atom stereocenters. The van der Waals surface area contributed by atoms with Gasteiger partial charge in [0.05, 0.1) is 33.3 Å². The summed E-state index contributed by atoms with van der Waals surface area (Å²) in [5.74, 6) is 0.647. The van der Waals surface area contributed by atoms with Crippen LogP contribution in [0.1, 0.15) is 0 Å². The van der Waals surface area contributed by atoms with E-state index in [1.807, 2.05) is 0 Å². The summed E-state index contributed by atoms with van der Waals surface area (Å²) >= 11 is 0. The van der Waals surface area contributed by atoms with E-state index in [0.29, 0.717) is 5.95 Å². The molecule has 0 aliphatic heterocycles. The van der Waals surface area contributed by atoms with Crippen LogP contribution in [-0.4, -0.2) is 19.1 Å². The standard InChI is InChI=1S/C48H30N4/c1-2-13-31(14-3-1)33-16-12-17-34(29-33)47-39-21-6-9-22-41(39)49-48(50-47)52-44-28-25-32-15-4-5-18-36(32)46(44)40-27-26-35(30-45(40)52)51-42-23-10-7-19-37(42)38-20-8-11-24-43(38)51/h1-30H. The minimum absolute atomic E-state index is 0.647. The molecule has 0 saturated carbocycles. The van der Waals surface area contributed by atoms with Crippen LogP contribution in [-0.2, 0) is 0 Å². The molecular weight excluding hydrogens is 633 g/mol. The lowest BCUT2D eigenvalue weighted by molar-refractivity contribution is 1.01. The van der Waals surface area contributed by atoms with Crippen LogP contribution in [0.15, 0.2) is 182 Å². The summed E-state index contributed by atoms with van der Waals surface area (Å²) in [5, 5.41) is 8.29. The fourth-order valence-electron chi connectivity index (χ4n) is 8.19. The van der Waals surface area contributed by atoms with Crippen LogP contribution < -0.4 is 0 Å². The predicted molar refractivity (Wildman–Crippen MR) is 217 cm³/mol. The number of hydrogen-bond acceptors (Lipinski definition) is 2. The van der Waals surface area contributed by atoms with Gasteiger partial charge < -0.3 is 4.57 Å². The van der Waals surface area contributed by atoms with E-state index >= 15 is 0 Å². The molecule has 3 heterocycles. The molecule has 0 radical (unpaired) electrons. The van der Waals surface area contributed by atoms with Gasteiger partial charge in [-0.05, 0) is 64.4 Å². The van der Waals surface area contributed by atoms with Gasteiger partial charge in [0.15, 0.2) is 0 Å². The second-order valence-corrected chi connectivity index (χ2v) is 13.4. The molecule has 4 heteroatoms. The van der Waals surface area contributed by atoms with Crippen LogP contribution >= 0.6 is 0 Å². The van der Waals surface area contributed by atoms with Gasteiger partial charge in [0.2, 0.25) is 5.95 Å². The Balaban J connectivity index is 1.23. The fraction of sp³-hybridized carbons (Fsp3) is 0. The van der Waals surface area contributed by atoms with E-state index in [2.05, 4.69) is 191 Å². The molecule has 0 N–H and O–H groups in total. The monoisotopic (exact) mass is 662 g/mol. The Morgan fingerprint density at radius 2 is 1.00 bits per heavy atom. The highest BCUT2D eigenvalue weighted by Crippen LogP contribution is 2.40. The summed E-state index contributed by atoms with van der Waals surface area (Å²) in [6.07, 6.45) is 0. The Morgan fingerprint density at radius 1 is 0.346 bits per heavy atom. The molecule has 242 valence electrons. The van der Waals surface area contributed by atoms with Gasteiger partial charge in [0, 0.05) is 38.2 Å². The van der Waals surface area contributed by atoms with Crippen molar-refractivity contribution >= 4 is 65.3 Å². The molecule has 0 bridgehead atoms. The van der Waals surface area contributed by atoms with Crippen molar-refractivity contribution in [1.29, 1.82) is 0 Å². The molecule has 0 aliphatic carbocycles. The summed E-state index contributed by atoms with van der Waals surface area (Å²) < 4.78 is 4.65. The van der Waals surface area contributed by atoms with Crippen molar-refractivity contribution in [3.05, 3.63) is 182 Å². The molecule has 0 fully saturated rings. The quantitative estimate of drug-likeness (QED) is 0.188. The average molecular weight is 663 g/mol. The first-order valence-corrected chi connectivity index (χ1v) is 17.7. The van der Waals surface area contributed by atoms with Crippen molar-refractivity contribution in [2.75, 3.05) is 0 Å². The van der Waals surface area contributed by atoms with Gasteiger partial charge in [0.1, 0.15) is 0 Å². The van der Waals surface area contributed by atoms with E-state index < -0.39 is 0 Å². The topological polar surface area (TPSA) is 35.6 Å². The summed E-state index contributed by atoms with van der Waals surface area (Å²) in [7, 11) is 0. The zero-order valence-electron chi connectivity index (χ0n) is 28.1. The molecule has 0 spiro atoms. The van der Waals surface area contributed by atoms with E-state index in [4.69, 9.17) is 9.97 Å². The third-order valence-electron chi connectivity index (χ3n) is 10.5. The molecule has 11 rings (SSSR count). The number of hydrogen-bond donors (Lipinski definition) is 0. The van der Waals surface area contributed by atoms with Crippen LogP contribution in [0.2, 0.25) is 0 Å². The maximum Gasteiger partial charge on any atom is 0.235 e. The molecular formula is C48H30N4. The van der Waals surface area contributed by atoms with Gasteiger partial charge >= 0.3 is 0 Å². The Morgan fingerprint density at radius 3 is 1.81 bits per heavy atom. The Labute approximate surface area is 299 Å². The highest BCUT2D eigenvalue weighted by atomic mass is 15.2. The van der Waals surface area contributed by atoms with Gasteiger partial charge in [-0.2, -0.15) is 0 Å². The molecule has 0 aliphatic rings. The van der Waals surface area contributed by atoms with Gasteiger partial charge in [-0.15, -0.1) is 0 Å².